The second kappa shape index (κ2) is 3.73. The number of nitrogen functional groups attached to an aromatic ring is 1. The van der Waals surface area contributed by atoms with E-state index < -0.39 is 0 Å². The van der Waals surface area contributed by atoms with Crippen molar-refractivity contribution in [3.63, 3.8) is 0 Å². The Morgan fingerprint density at radius 2 is 1.88 bits per heavy atom. The molecule has 1 aliphatic carbocycles. The number of hydrogen-bond donors (Lipinski definition) is 1. The van der Waals surface area contributed by atoms with Gasteiger partial charge in [-0.05, 0) is 56.2 Å². The first kappa shape index (κ1) is 10.6. The molecule has 0 aliphatic heterocycles. The lowest BCUT2D eigenvalue weighted by Gasteiger charge is -2.19. The monoisotopic (exact) mass is 226 g/mol. The molecule has 2 nitrogen and oxygen atoms in total. The van der Waals surface area contributed by atoms with E-state index in [0.717, 1.165) is 29.4 Å². The number of rotatable bonds is 0. The standard InChI is InChI=1S/C15H18N2/c1-9-7-8-12-14(16)11-5-3-4-6-13(11)17-15(12)10(9)2/h7-8H,3-6H2,1-2H3,(H2,16,17). The molecule has 2 heteroatoms. The number of aryl methyl sites for hydroxylation is 3. The van der Waals surface area contributed by atoms with Gasteiger partial charge in [0.05, 0.1) is 5.52 Å². The summed E-state index contributed by atoms with van der Waals surface area (Å²) in [5.41, 5.74) is 13.5. The van der Waals surface area contributed by atoms with Gasteiger partial charge in [-0.2, -0.15) is 0 Å². The number of nitrogens with two attached hydrogens (primary N) is 1. The highest BCUT2D eigenvalue weighted by molar-refractivity contribution is 5.94. The molecule has 0 fully saturated rings. The normalized spacial score (nSPS) is 14.9. The highest BCUT2D eigenvalue weighted by atomic mass is 14.7. The van der Waals surface area contributed by atoms with Crippen molar-refractivity contribution in [2.45, 2.75) is 39.5 Å². The van der Waals surface area contributed by atoms with Crippen molar-refractivity contribution in [3.05, 3.63) is 34.5 Å². The van der Waals surface area contributed by atoms with Gasteiger partial charge in [0, 0.05) is 16.8 Å². The Bertz CT molecular complexity index is 600. The van der Waals surface area contributed by atoms with Gasteiger partial charge in [0.2, 0.25) is 0 Å². The first-order valence-electron chi connectivity index (χ1n) is 6.35. The fourth-order valence-corrected chi connectivity index (χ4v) is 2.76. The lowest BCUT2D eigenvalue weighted by atomic mass is 9.92. The third kappa shape index (κ3) is 1.51. The maximum Gasteiger partial charge on any atom is 0.0757 e. The smallest absolute Gasteiger partial charge is 0.0757 e. The molecule has 0 saturated carbocycles. The van der Waals surface area contributed by atoms with Gasteiger partial charge in [-0.1, -0.05) is 12.1 Å². The molecule has 3 rings (SSSR count). The van der Waals surface area contributed by atoms with Crippen LogP contribution in [0.4, 0.5) is 5.69 Å². The predicted molar refractivity (Wildman–Crippen MR) is 72.3 cm³/mol. The third-order valence-electron chi connectivity index (χ3n) is 4.00. The Morgan fingerprint density at radius 1 is 1.12 bits per heavy atom. The molecule has 0 amide bonds. The molecule has 2 N–H and O–H groups in total. The van der Waals surface area contributed by atoms with Crippen LogP contribution in [0.5, 0.6) is 0 Å². The van der Waals surface area contributed by atoms with E-state index in [2.05, 4.69) is 26.0 Å². The summed E-state index contributed by atoms with van der Waals surface area (Å²) in [6.07, 6.45) is 4.67. The molecular formula is C15H18N2. The Kier molecular flexibility index (Phi) is 2.32. The van der Waals surface area contributed by atoms with E-state index in [0.29, 0.717) is 0 Å². The molecule has 0 unspecified atom stereocenters. The quantitative estimate of drug-likeness (QED) is 0.748. The molecule has 88 valence electrons. The van der Waals surface area contributed by atoms with Crippen molar-refractivity contribution < 1.29 is 0 Å². The fourth-order valence-electron chi connectivity index (χ4n) is 2.76. The summed E-state index contributed by atoms with van der Waals surface area (Å²) < 4.78 is 0. The maximum absolute atomic E-state index is 6.32. The summed E-state index contributed by atoms with van der Waals surface area (Å²) in [6.45, 7) is 4.27. The van der Waals surface area contributed by atoms with E-state index in [-0.39, 0.29) is 0 Å². The van der Waals surface area contributed by atoms with Gasteiger partial charge < -0.3 is 5.73 Å². The Morgan fingerprint density at radius 3 is 2.71 bits per heavy atom. The Labute approximate surface area is 102 Å². The molecule has 17 heavy (non-hydrogen) atoms. The summed E-state index contributed by atoms with van der Waals surface area (Å²) in [5, 5.41) is 1.13. The van der Waals surface area contributed by atoms with Crippen molar-refractivity contribution in [1.82, 2.24) is 4.98 Å². The molecule has 1 heterocycles. The zero-order valence-electron chi connectivity index (χ0n) is 10.5. The lowest BCUT2D eigenvalue weighted by Crippen LogP contribution is -2.10. The van der Waals surface area contributed by atoms with Gasteiger partial charge in [-0.3, -0.25) is 4.98 Å². The summed E-state index contributed by atoms with van der Waals surface area (Å²) in [7, 11) is 0. The van der Waals surface area contributed by atoms with Crippen LogP contribution in [0.25, 0.3) is 10.9 Å². The maximum atomic E-state index is 6.32. The zero-order valence-corrected chi connectivity index (χ0v) is 10.5. The molecule has 1 aromatic carbocycles. The minimum atomic E-state index is 0.966. The SMILES string of the molecule is Cc1ccc2c(N)c3c(nc2c1C)CCCC3. The average molecular weight is 226 g/mol. The summed E-state index contributed by atoms with van der Waals surface area (Å²) >= 11 is 0. The van der Waals surface area contributed by atoms with E-state index in [4.69, 9.17) is 10.7 Å². The van der Waals surface area contributed by atoms with Crippen molar-refractivity contribution >= 4 is 16.6 Å². The molecular weight excluding hydrogens is 208 g/mol. The van der Waals surface area contributed by atoms with Crippen LogP contribution in [-0.2, 0) is 12.8 Å². The predicted octanol–water partition coefficient (Wildman–Crippen LogP) is 3.31. The van der Waals surface area contributed by atoms with E-state index in [1.165, 1.54) is 35.2 Å². The van der Waals surface area contributed by atoms with Gasteiger partial charge in [0.15, 0.2) is 0 Å². The number of fused-ring (bicyclic) bond motifs is 2. The molecule has 0 radical (unpaired) electrons. The lowest BCUT2D eigenvalue weighted by molar-refractivity contribution is 0.673. The number of anilines is 1. The van der Waals surface area contributed by atoms with E-state index >= 15 is 0 Å². The van der Waals surface area contributed by atoms with Gasteiger partial charge in [0.25, 0.3) is 0 Å². The Hall–Kier alpha value is -1.57. The van der Waals surface area contributed by atoms with Crippen LogP contribution in [0.3, 0.4) is 0 Å². The molecule has 0 atom stereocenters. The van der Waals surface area contributed by atoms with Crippen LogP contribution in [0.2, 0.25) is 0 Å². The molecule has 1 aromatic heterocycles. The number of nitrogens with zero attached hydrogens (tertiary/aromatic N) is 1. The molecule has 2 aromatic rings. The average Bonchev–Trinajstić information content (AvgIpc) is 2.35. The van der Waals surface area contributed by atoms with Crippen LogP contribution in [0, 0.1) is 13.8 Å². The van der Waals surface area contributed by atoms with Crippen LogP contribution < -0.4 is 5.73 Å². The summed E-state index contributed by atoms with van der Waals surface area (Å²) in [5.74, 6) is 0. The van der Waals surface area contributed by atoms with Gasteiger partial charge in [-0.15, -0.1) is 0 Å². The highest BCUT2D eigenvalue weighted by Gasteiger charge is 2.17. The van der Waals surface area contributed by atoms with E-state index in [9.17, 15) is 0 Å². The fraction of sp³-hybridized carbons (Fsp3) is 0.400. The van der Waals surface area contributed by atoms with Crippen LogP contribution in [-0.4, -0.2) is 4.98 Å². The topological polar surface area (TPSA) is 38.9 Å². The second-order valence-electron chi connectivity index (χ2n) is 5.06. The van der Waals surface area contributed by atoms with E-state index in [1.807, 2.05) is 0 Å². The van der Waals surface area contributed by atoms with Crippen molar-refractivity contribution in [1.29, 1.82) is 0 Å². The zero-order chi connectivity index (χ0) is 12.0. The largest absolute Gasteiger partial charge is 0.398 e. The Balaban J connectivity index is 2.40. The van der Waals surface area contributed by atoms with Gasteiger partial charge >= 0.3 is 0 Å². The second-order valence-corrected chi connectivity index (χ2v) is 5.06. The number of hydrogen-bond acceptors (Lipinski definition) is 2. The molecule has 0 saturated heterocycles. The number of benzene rings is 1. The van der Waals surface area contributed by atoms with Crippen LogP contribution in [0.1, 0.15) is 35.2 Å². The molecule has 1 aliphatic rings. The first-order valence-corrected chi connectivity index (χ1v) is 6.35. The summed E-state index contributed by atoms with van der Waals surface area (Å²) in [6, 6.07) is 4.26. The molecule has 0 bridgehead atoms. The number of aromatic nitrogens is 1. The third-order valence-corrected chi connectivity index (χ3v) is 4.00. The van der Waals surface area contributed by atoms with Crippen LogP contribution >= 0.6 is 0 Å². The number of pyridine rings is 1. The van der Waals surface area contributed by atoms with Crippen molar-refractivity contribution in [2.24, 2.45) is 0 Å². The molecule has 0 spiro atoms. The minimum Gasteiger partial charge on any atom is -0.398 e. The van der Waals surface area contributed by atoms with Crippen molar-refractivity contribution in [3.8, 4) is 0 Å². The van der Waals surface area contributed by atoms with Crippen molar-refractivity contribution in [2.75, 3.05) is 5.73 Å². The minimum absolute atomic E-state index is 0.966. The first-order chi connectivity index (χ1) is 8.18. The van der Waals surface area contributed by atoms with Gasteiger partial charge in [0.1, 0.15) is 0 Å². The van der Waals surface area contributed by atoms with Crippen LogP contribution in [0.15, 0.2) is 12.1 Å². The van der Waals surface area contributed by atoms with E-state index in [1.54, 1.807) is 0 Å². The van der Waals surface area contributed by atoms with Gasteiger partial charge in [-0.25, -0.2) is 0 Å². The summed E-state index contributed by atoms with van der Waals surface area (Å²) in [4.78, 5) is 4.86. The highest BCUT2D eigenvalue weighted by Crippen LogP contribution is 2.32.